The van der Waals surface area contributed by atoms with Gasteiger partial charge in [0.05, 0.1) is 4.70 Å². The molecule has 0 radical (unpaired) electrons. The zero-order valence-corrected chi connectivity index (χ0v) is 7.69. The zero-order chi connectivity index (χ0) is 8.72. The van der Waals surface area contributed by atoms with Crippen LogP contribution in [0.5, 0.6) is 11.5 Å². The van der Waals surface area contributed by atoms with Crippen molar-refractivity contribution in [3.05, 3.63) is 17.5 Å². The molecule has 2 rings (SSSR count). The summed E-state index contributed by atoms with van der Waals surface area (Å²) in [7, 11) is 0. The molecule has 2 aromatic rings. The van der Waals surface area contributed by atoms with E-state index in [9.17, 15) is 10.2 Å². The lowest BCUT2D eigenvalue weighted by Crippen LogP contribution is -1.71. The second-order valence-corrected chi connectivity index (χ2v) is 3.82. The highest BCUT2D eigenvalue weighted by atomic mass is 32.1. The van der Waals surface area contributed by atoms with E-state index in [0.29, 0.717) is 9.60 Å². The van der Waals surface area contributed by atoms with Gasteiger partial charge in [0.25, 0.3) is 0 Å². The molecule has 0 spiro atoms. The fourth-order valence-electron chi connectivity index (χ4n) is 1.09. The van der Waals surface area contributed by atoms with Gasteiger partial charge in [0.2, 0.25) is 0 Å². The number of thiophene rings is 1. The van der Waals surface area contributed by atoms with E-state index in [0.717, 1.165) is 5.39 Å². The first-order valence-electron chi connectivity index (χ1n) is 3.31. The first-order valence-corrected chi connectivity index (χ1v) is 4.64. The second kappa shape index (κ2) is 2.57. The minimum absolute atomic E-state index is 0.0576. The maximum atomic E-state index is 9.40. The van der Waals surface area contributed by atoms with E-state index < -0.39 is 0 Å². The molecule has 0 aliphatic rings. The highest BCUT2D eigenvalue weighted by Gasteiger charge is 2.09. The Morgan fingerprint density at radius 3 is 2.83 bits per heavy atom. The summed E-state index contributed by atoms with van der Waals surface area (Å²) in [5, 5.41) is 21.3. The van der Waals surface area contributed by atoms with Gasteiger partial charge in [-0.15, -0.1) is 24.0 Å². The summed E-state index contributed by atoms with van der Waals surface area (Å²) in [5.74, 6) is -0.173. The largest absolute Gasteiger partial charge is 0.504 e. The standard InChI is InChI=1S/C8H6O2S2/c9-5-3-6(11)4-1-2-12-8(4)7(5)10/h1-3,9-11H. The van der Waals surface area contributed by atoms with Crippen molar-refractivity contribution in [2.45, 2.75) is 4.90 Å². The number of hydrogen-bond acceptors (Lipinski definition) is 4. The van der Waals surface area contributed by atoms with Crippen molar-refractivity contribution in [2.75, 3.05) is 0 Å². The van der Waals surface area contributed by atoms with Crippen LogP contribution in [0.1, 0.15) is 0 Å². The molecule has 0 unspecified atom stereocenters. The van der Waals surface area contributed by atoms with Crippen LogP contribution in [0.3, 0.4) is 0 Å². The van der Waals surface area contributed by atoms with Gasteiger partial charge < -0.3 is 10.2 Å². The van der Waals surface area contributed by atoms with Crippen LogP contribution in [0.15, 0.2) is 22.4 Å². The molecule has 0 amide bonds. The van der Waals surface area contributed by atoms with E-state index >= 15 is 0 Å². The van der Waals surface area contributed by atoms with Crippen molar-refractivity contribution in [2.24, 2.45) is 0 Å². The van der Waals surface area contributed by atoms with Gasteiger partial charge in [0.15, 0.2) is 11.5 Å². The lowest BCUT2D eigenvalue weighted by atomic mass is 10.2. The normalized spacial score (nSPS) is 10.8. The van der Waals surface area contributed by atoms with Crippen LogP contribution < -0.4 is 0 Å². The predicted molar refractivity (Wildman–Crippen MR) is 52.4 cm³/mol. The van der Waals surface area contributed by atoms with Crippen molar-refractivity contribution in [1.29, 1.82) is 0 Å². The number of phenolic OH excluding ortho intramolecular Hbond substituents is 2. The predicted octanol–water partition coefficient (Wildman–Crippen LogP) is 2.60. The fraction of sp³-hybridized carbons (Fsp3) is 0. The Balaban J connectivity index is 2.97. The number of benzene rings is 1. The minimum atomic E-state index is -0.116. The van der Waals surface area contributed by atoms with E-state index in [1.54, 1.807) is 0 Å². The van der Waals surface area contributed by atoms with E-state index in [1.165, 1.54) is 17.4 Å². The maximum absolute atomic E-state index is 9.40. The van der Waals surface area contributed by atoms with Gasteiger partial charge in [-0.3, -0.25) is 0 Å². The summed E-state index contributed by atoms with van der Waals surface area (Å²) in [6.45, 7) is 0. The average molecular weight is 198 g/mol. The number of aromatic hydroxyl groups is 2. The SMILES string of the molecule is Oc1cc(S)c2ccsc2c1O. The van der Waals surface area contributed by atoms with Gasteiger partial charge in [0, 0.05) is 10.3 Å². The fourth-order valence-corrected chi connectivity index (χ4v) is 2.33. The third-order valence-electron chi connectivity index (χ3n) is 1.67. The van der Waals surface area contributed by atoms with Crippen LogP contribution >= 0.6 is 24.0 Å². The van der Waals surface area contributed by atoms with E-state index in [-0.39, 0.29) is 11.5 Å². The Morgan fingerprint density at radius 1 is 1.33 bits per heavy atom. The van der Waals surface area contributed by atoms with Crippen LogP contribution in [0, 0.1) is 0 Å². The van der Waals surface area contributed by atoms with Crippen LogP contribution in [0.2, 0.25) is 0 Å². The highest BCUT2D eigenvalue weighted by molar-refractivity contribution is 7.80. The van der Waals surface area contributed by atoms with Crippen LogP contribution in [0.25, 0.3) is 10.1 Å². The average Bonchev–Trinajstić information content (AvgIpc) is 2.48. The van der Waals surface area contributed by atoms with Crippen molar-refractivity contribution in [3.8, 4) is 11.5 Å². The summed E-state index contributed by atoms with van der Waals surface area (Å²) in [5.41, 5.74) is 0. The molecule has 0 saturated heterocycles. The number of phenols is 2. The van der Waals surface area contributed by atoms with E-state index in [2.05, 4.69) is 12.6 Å². The molecule has 1 aromatic carbocycles. The number of hydrogen-bond donors (Lipinski definition) is 3. The lowest BCUT2D eigenvalue weighted by molar-refractivity contribution is 0.408. The molecule has 0 atom stereocenters. The molecular weight excluding hydrogens is 192 g/mol. The Kier molecular flexibility index (Phi) is 1.66. The third kappa shape index (κ3) is 0.956. The zero-order valence-electron chi connectivity index (χ0n) is 5.98. The molecule has 2 nitrogen and oxygen atoms in total. The summed E-state index contributed by atoms with van der Waals surface area (Å²) in [6.07, 6.45) is 0. The molecule has 0 bridgehead atoms. The molecule has 62 valence electrons. The van der Waals surface area contributed by atoms with Gasteiger partial charge >= 0.3 is 0 Å². The highest BCUT2D eigenvalue weighted by Crippen LogP contribution is 2.40. The first kappa shape index (κ1) is 7.76. The third-order valence-corrected chi connectivity index (χ3v) is 2.96. The van der Waals surface area contributed by atoms with Crippen molar-refractivity contribution < 1.29 is 10.2 Å². The minimum Gasteiger partial charge on any atom is -0.504 e. The topological polar surface area (TPSA) is 40.5 Å². The van der Waals surface area contributed by atoms with Crippen molar-refractivity contribution in [1.82, 2.24) is 0 Å². The van der Waals surface area contributed by atoms with Crippen LogP contribution in [-0.2, 0) is 0 Å². The Hall–Kier alpha value is -0.870. The van der Waals surface area contributed by atoms with E-state index in [1.807, 2.05) is 11.4 Å². The summed E-state index contributed by atoms with van der Waals surface area (Å²) in [4.78, 5) is 0.682. The molecule has 0 saturated carbocycles. The summed E-state index contributed by atoms with van der Waals surface area (Å²) < 4.78 is 0.681. The quantitative estimate of drug-likeness (QED) is 0.450. The van der Waals surface area contributed by atoms with Gasteiger partial charge in [0.1, 0.15) is 0 Å². The molecule has 2 N–H and O–H groups in total. The number of thiol groups is 1. The molecule has 0 fully saturated rings. The van der Waals surface area contributed by atoms with Crippen LogP contribution in [-0.4, -0.2) is 10.2 Å². The first-order chi connectivity index (χ1) is 5.70. The Bertz CT molecular complexity index is 434. The van der Waals surface area contributed by atoms with Crippen molar-refractivity contribution >= 4 is 34.1 Å². The Labute approximate surface area is 78.5 Å². The summed E-state index contributed by atoms with van der Waals surface area (Å²) in [6, 6.07) is 3.30. The van der Waals surface area contributed by atoms with Gasteiger partial charge in [-0.25, -0.2) is 0 Å². The summed E-state index contributed by atoms with van der Waals surface area (Å²) >= 11 is 5.55. The second-order valence-electron chi connectivity index (χ2n) is 2.43. The monoisotopic (exact) mass is 198 g/mol. The molecule has 0 aliphatic carbocycles. The smallest absolute Gasteiger partial charge is 0.175 e. The van der Waals surface area contributed by atoms with E-state index in [4.69, 9.17) is 0 Å². The molecule has 0 aliphatic heterocycles. The molecular formula is C8H6O2S2. The van der Waals surface area contributed by atoms with Crippen LogP contribution in [0.4, 0.5) is 0 Å². The van der Waals surface area contributed by atoms with Gasteiger partial charge in [-0.1, -0.05) is 0 Å². The van der Waals surface area contributed by atoms with Gasteiger partial charge in [-0.05, 0) is 17.5 Å². The number of rotatable bonds is 0. The van der Waals surface area contributed by atoms with Gasteiger partial charge in [-0.2, -0.15) is 0 Å². The maximum Gasteiger partial charge on any atom is 0.175 e. The molecule has 12 heavy (non-hydrogen) atoms. The Morgan fingerprint density at radius 2 is 2.08 bits per heavy atom. The molecule has 1 aromatic heterocycles. The molecule has 1 heterocycles. The molecule has 4 heteroatoms. The number of fused-ring (bicyclic) bond motifs is 1. The van der Waals surface area contributed by atoms with Crippen molar-refractivity contribution in [3.63, 3.8) is 0 Å². The lowest BCUT2D eigenvalue weighted by Gasteiger charge is -2.00.